The lowest BCUT2D eigenvalue weighted by Gasteiger charge is -2.30. The van der Waals surface area contributed by atoms with E-state index in [2.05, 4.69) is 4.72 Å². The van der Waals surface area contributed by atoms with Crippen LogP contribution in [0.3, 0.4) is 0 Å². The van der Waals surface area contributed by atoms with E-state index in [1.165, 1.54) is 0 Å². The van der Waals surface area contributed by atoms with E-state index in [1.54, 1.807) is 18.7 Å². The van der Waals surface area contributed by atoms with Crippen LogP contribution in [-0.4, -0.2) is 50.2 Å². The summed E-state index contributed by atoms with van der Waals surface area (Å²) in [6, 6.07) is -0.436. The van der Waals surface area contributed by atoms with Crippen LogP contribution in [0, 0.1) is 0 Å². The minimum absolute atomic E-state index is 0.108. The van der Waals surface area contributed by atoms with Crippen molar-refractivity contribution in [3.63, 3.8) is 0 Å². The number of likely N-dealkylation sites (tertiary alicyclic amines) is 1. The summed E-state index contributed by atoms with van der Waals surface area (Å²) in [6.45, 7) is 4.41. The van der Waals surface area contributed by atoms with Crippen molar-refractivity contribution >= 4 is 15.9 Å². The summed E-state index contributed by atoms with van der Waals surface area (Å²) in [4.78, 5) is 13.2. The topological polar surface area (TPSA) is 92.5 Å². The van der Waals surface area contributed by atoms with Gasteiger partial charge in [-0.1, -0.05) is 0 Å². The molecule has 1 unspecified atom stereocenters. The molecule has 1 heterocycles. The lowest BCUT2D eigenvalue weighted by atomic mass is 10.1. The fourth-order valence-corrected chi connectivity index (χ4v) is 3.00. The molecule has 0 radical (unpaired) electrons. The van der Waals surface area contributed by atoms with Crippen molar-refractivity contribution in [2.45, 2.75) is 31.8 Å². The molecule has 16 heavy (non-hydrogen) atoms. The Balaban J connectivity index is 2.63. The van der Waals surface area contributed by atoms with Crippen LogP contribution in [0.15, 0.2) is 0 Å². The van der Waals surface area contributed by atoms with E-state index >= 15 is 0 Å². The molecule has 1 fully saturated rings. The molecule has 1 aliphatic heterocycles. The van der Waals surface area contributed by atoms with Crippen LogP contribution in [0.5, 0.6) is 0 Å². The largest absolute Gasteiger partial charge is 0.339 e. The van der Waals surface area contributed by atoms with Gasteiger partial charge in [0, 0.05) is 18.6 Å². The molecule has 1 amide bonds. The first-order valence-corrected chi connectivity index (χ1v) is 7.03. The predicted molar refractivity (Wildman–Crippen MR) is 61.2 cm³/mol. The minimum Gasteiger partial charge on any atom is -0.339 e. The normalized spacial score (nSPS) is 22.9. The highest BCUT2D eigenvalue weighted by atomic mass is 32.2. The average Bonchev–Trinajstić information content (AvgIpc) is 2.30. The number of carbonyl (C=O) groups excluding carboxylic acids is 1. The Morgan fingerprint density at radius 3 is 2.50 bits per heavy atom. The van der Waals surface area contributed by atoms with E-state index in [1.807, 2.05) is 0 Å². The lowest BCUT2D eigenvalue weighted by molar-refractivity contribution is -0.129. The standard InChI is InChI=1S/C9H19N3O3S/c1-9(2,11-16(3,14)15)6-12-5-4-7(10)8(12)13/h7,11H,4-6,10H2,1-3H3. The van der Waals surface area contributed by atoms with Gasteiger partial charge in [-0.2, -0.15) is 0 Å². The number of rotatable bonds is 4. The molecule has 1 aliphatic rings. The molecule has 0 bridgehead atoms. The first kappa shape index (κ1) is 13.4. The fraction of sp³-hybridized carbons (Fsp3) is 0.889. The predicted octanol–water partition coefficient (Wildman–Crippen LogP) is -1.13. The number of carbonyl (C=O) groups is 1. The number of sulfonamides is 1. The Morgan fingerprint density at radius 2 is 2.12 bits per heavy atom. The zero-order valence-corrected chi connectivity index (χ0v) is 10.7. The average molecular weight is 249 g/mol. The Bertz CT molecular complexity index is 377. The van der Waals surface area contributed by atoms with E-state index in [9.17, 15) is 13.2 Å². The Morgan fingerprint density at radius 1 is 1.56 bits per heavy atom. The van der Waals surface area contributed by atoms with Gasteiger partial charge in [-0.05, 0) is 20.3 Å². The maximum Gasteiger partial charge on any atom is 0.239 e. The van der Waals surface area contributed by atoms with Crippen molar-refractivity contribution in [1.29, 1.82) is 0 Å². The van der Waals surface area contributed by atoms with Gasteiger partial charge in [0.25, 0.3) is 0 Å². The Kier molecular flexibility index (Phi) is 3.61. The molecule has 1 saturated heterocycles. The molecule has 1 rings (SSSR count). The zero-order valence-electron chi connectivity index (χ0n) is 9.86. The van der Waals surface area contributed by atoms with Crippen LogP contribution in [-0.2, 0) is 14.8 Å². The summed E-state index contributed by atoms with van der Waals surface area (Å²) < 4.78 is 24.7. The molecule has 0 aromatic carbocycles. The van der Waals surface area contributed by atoms with Crippen molar-refractivity contribution in [3.05, 3.63) is 0 Å². The second kappa shape index (κ2) is 4.31. The van der Waals surface area contributed by atoms with Gasteiger partial charge in [0.2, 0.25) is 15.9 Å². The van der Waals surface area contributed by atoms with Crippen LogP contribution in [0.4, 0.5) is 0 Å². The van der Waals surface area contributed by atoms with Crippen molar-refractivity contribution < 1.29 is 13.2 Å². The van der Waals surface area contributed by atoms with Crippen molar-refractivity contribution in [2.24, 2.45) is 5.73 Å². The van der Waals surface area contributed by atoms with Crippen LogP contribution in [0.1, 0.15) is 20.3 Å². The van der Waals surface area contributed by atoms with Crippen LogP contribution in [0.25, 0.3) is 0 Å². The van der Waals surface area contributed by atoms with E-state index in [4.69, 9.17) is 5.73 Å². The van der Waals surface area contributed by atoms with Crippen LogP contribution < -0.4 is 10.5 Å². The molecule has 0 saturated carbocycles. The number of nitrogens with one attached hydrogen (secondary N) is 1. The number of hydrogen-bond donors (Lipinski definition) is 2. The van der Waals surface area contributed by atoms with Gasteiger partial charge in [-0.15, -0.1) is 0 Å². The van der Waals surface area contributed by atoms with E-state index < -0.39 is 21.6 Å². The van der Waals surface area contributed by atoms with E-state index in [0.29, 0.717) is 19.5 Å². The highest BCUT2D eigenvalue weighted by molar-refractivity contribution is 7.88. The highest BCUT2D eigenvalue weighted by Gasteiger charge is 2.33. The second-order valence-electron chi connectivity index (χ2n) is 4.91. The smallest absolute Gasteiger partial charge is 0.239 e. The van der Waals surface area contributed by atoms with Gasteiger partial charge in [0.1, 0.15) is 0 Å². The van der Waals surface area contributed by atoms with E-state index in [-0.39, 0.29) is 5.91 Å². The molecule has 94 valence electrons. The number of nitrogens with two attached hydrogens (primary N) is 1. The summed E-state index contributed by atoms with van der Waals surface area (Å²) in [5, 5.41) is 0. The summed E-state index contributed by atoms with van der Waals surface area (Å²) in [5.74, 6) is -0.108. The van der Waals surface area contributed by atoms with Gasteiger partial charge in [-0.3, -0.25) is 4.79 Å². The maximum atomic E-state index is 11.6. The van der Waals surface area contributed by atoms with Crippen LogP contribution >= 0.6 is 0 Å². The molecule has 0 aliphatic carbocycles. The first-order chi connectivity index (χ1) is 7.11. The third kappa shape index (κ3) is 3.73. The molecule has 7 heteroatoms. The second-order valence-corrected chi connectivity index (χ2v) is 6.66. The van der Waals surface area contributed by atoms with Gasteiger partial charge in [0.05, 0.1) is 12.3 Å². The molecule has 0 spiro atoms. The quantitative estimate of drug-likeness (QED) is 0.659. The molecule has 6 nitrogen and oxygen atoms in total. The van der Waals surface area contributed by atoms with Crippen molar-refractivity contribution in [2.75, 3.05) is 19.3 Å². The minimum atomic E-state index is -3.27. The van der Waals surface area contributed by atoms with Gasteiger partial charge in [0.15, 0.2) is 0 Å². The number of hydrogen-bond acceptors (Lipinski definition) is 4. The molecular formula is C9H19N3O3S. The van der Waals surface area contributed by atoms with Gasteiger partial charge in [-0.25, -0.2) is 13.1 Å². The third-order valence-electron chi connectivity index (χ3n) is 2.39. The molecule has 0 aromatic heterocycles. The van der Waals surface area contributed by atoms with Gasteiger partial charge < -0.3 is 10.6 Å². The third-order valence-corrected chi connectivity index (χ3v) is 3.31. The molecular weight excluding hydrogens is 230 g/mol. The summed E-state index contributed by atoms with van der Waals surface area (Å²) in [5.41, 5.74) is 4.91. The molecule has 3 N–H and O–H groups in total. The number of amides is 1. The van der Waals surface area contributed by atoms with Crippen LogP contribution in [0.2, 0.25) is 0 Å². The molecule has 1 atom stereocenters. The highest BCUT2D eigenvalue weighted by Crippen LogP contribution is 2.14. The molecule has 0 aromatic rings. The summed E-state index contributed by atoms with van der Waals surface area (Å²) in [6.07, 6.45) is 1.74. The fourth-order valence-electron chi connectivity index (χ4n) is 1.93. The summed E-state index contributed by atoms with van der Waals surface area (Å²) in [7, 11) is -3.27. The first-order valence-electron chi connectivity index (χ1n) is 5.14. The SMILES string of the molecule is CC(C)(CN1CCC(N)C1=O)NS(C)(=O)=O. The number of nitrogens with zero attached hydrogens (tertiary/aromatic N) is 1. The zero-order chi connectivity index (χ0) is 12.6. The monoisotopic (exact) mass is 249 g/mol. The lowest BCUT2D eigenvalue weighted by Crippen LogP contribution is -2.52. The van der Waals surface area contributed by atoms with Crippen molar-refractivity contribution in [1.82, 2.24) is 9.62 Å². The van der Waals surface area contributed by atoms with Crippen molar-refractivity contribution in [3.8, 4) is 0 Å². The van der Waals surface area contributed by atoms with Gasteiger partial charge >= 0.3 is 0 Å². The van der Waals surface area contributed by atoms with E-state index in [0.717, 1.165) is 6.26 Å². The maximum absolute atomic E-state index is 11.6. The Hall–Kier alpha value is -0.660. The summed E-state index contributed by atoms with van der Waals surface area (Å²) >= 11 is 0. The Labute approximate surface area is 96.2 Å².